The van der Waals surface area contributed by atoms with E-state index in [4.69, 9.17) is 17.3 Å². The monoisotopic (exact) mass is 270 g/mol. The Hall–Kier alpha value is -0.640. The molecule has 1 heterocycles. The zero-order chi connectivity index (χ0) is 13.1. The van der Waals surface area contributed by atoms with Gasteiger partial charge in [0.05, 0.1) is 5.02 Å². The first kappa shape index (κ1) is 13.8. The van der Waals surface area contributed by atoms with Crippen LogP contribution in [0.15, 0.2) is 18.2 Å². The van der Waals surface area contributed by atoms with Crippen molar-refractivity contribution in [3.05, 3.63) is 34.6 Å². The summed E-state index contributed by atoms with van der Waals surface area (Å²) in [6.45, 7) is 4.93. The highest BCUT2D eigenvalue weighted by molar-refractivity contribution is 6.30. The second kappa shape index (κ2) is 6.00. The number of hydrogen-bond acceptors (Lipinski definition) is 2. The van der Waals surface area contributed by atoms with E-state index in [0.29, 0.717) is 6.54 Å². The smallest absolute Gasteiger partial charge is 0.141 e. The lowest BCUT2D eigenvalue weighted by molar-refractivity contribution is 0.141. The van der Waals surface area contributed by atoms with Gasteiger partial charge in [-0.25, -0.2) is 4.39 Å². The first-order chi connectivity index (χ1) is 8.61. The van der Waals surface area contributed by atoms with Crippen molar-refractivity contribution >= 4 is 11.6 Å². The van der Waals surface area contributed by atoms with Gasteiger partial charge in [0.1, 0.15) is 5.82 Å². The van der Waals surface area contributed by atoms with Crippen LogP contribution in [-0.2, 0) is 0 Å². The molecule has 1 aromatic carbocycles. The lowest BCUT2D eigenvalue weighted by Crippen LogP contribution is -2.39. The van der Waals surface area contributed by atoms with Gasteiger partial charge in [0.15, 0.2) is 0 Å². The topological polar surface area (TPSA) is 29.3 Å². The normalized spacial score (nSPS) is 20.0. The third-order valence-electron chi connectivity index (χ3n) is 3.81. The second-order valence-corrected chi connectivity index (χ2v) is 5.55. The van der Waals surface area contributed by atoms with Crippen molar-refractivity contribution in [1.82, 2.24) is 4.90 Å². The highest BCUT2D eigenvalue weighted by Crippen LogP contribution is 2.28. The number of hydrogen-bond donors (Lipinski definition) is 1. The summed E-state index contributed by atoms with van der Waals surface area (Å²) in [7, 11) is 0. The second-order valence-electron chi connectivity index (χ2n) is 5.14. The Balaban J connectivity index is 2.14. The molecule has 1 aliphatic heterocycles. The van der Waals surface area contributed by atoms with Crippen LogP contribution in [-0.4, -0.2) is 24.5 Å². The van der Waals surface area contributed by atoms with Crippen molar-refractivity contribution in [1.29, 1.82) is 0 Å². The van der Waals surface area contributed by atoms with Gasteiger partial charge < -0.3 is 5.73 Å². The van der Waals surface area contributed by atoms with E-state index >= 15 is 0 Å². The van der Waals surface area contributed by atoms with E-state index in [2.05, 4.69) is 11.8 Å². The molecule has 4 heteroatoms. The van der Waals surface area contributed by atoms with Crippen LogP contribution in [0.25, 0.3) is 0 Å². The third kappa shape index (κ3) is 3.02. The summed E-state index contributed by atoms with van der Waals surface area (Å²) in [4.78, 5) is 2.38. The Morgan fingerprint density at radius 1 is 1.44 bits per heavy atom. The van der Waals surface area contributed by atoms with Crippen molar-refractivity contribution in [3.63, 3.8) is 0 Å². The first-order valence-electron chi connectivity index (χ1n) is 6.51. The molecule has 0 aromatic heterocycles. The van der Waals surface area contributed by atoms with Gasteiger partial charge >= 0.3 is 0 Å². The van der Waals surface area contributed by atoms with Gasteiger partial charge in [0, 0.05) is 12.6 Å². The molecule has 0 amide bonds. The van der Waals surface area contributed by atoms with Crippen LogP contribution < -0.4 is 5.73 Å². The SMILES string of the molecule is CC1CCN(C(CN)c2ccc(F)c(Cl)c2)CC1. The zero-order valence-electron chi connectivity index (χ0n) is 10.7. The molecule has 2 N–H and O–H groups in total. The van der Waals surface area contributed by atoms with Crippen LogP contribution >= 0.6 is 11.6 Å². The van der Waals surface area contributed by atoms with Crippen molar-refractivity contribution in [2.24, 2.45) is 11.7 Å². The molecule has 0 radical (unpaired) electrons. The number of likely N-dealkylation sites (tertiary alicyclic amines) is 1. The first-order valence-corrected chi connectivity index (χ1v) is 6.88. The number of halogens is 2. The molecule has 1 unspecified atom stereocenters. The molecule has 0 saturated carbocycles. The van der Waals surface area contributed by atoms with E-state index in [1.165, 1.54) is 18.9 Å². The van der Waals surface area contributed by atoms with Gasteiger partial charge in [0.25, 0.3) is 0 Å². The molecule has 0 aliphatic carbocycles. The Morgan fingerprint density at radius 3 is 2.67 bits per heavy atom. The van der Waals surface area contributed by atoms with E-state index in [-0.39, 0.29) is 16.9 Å². The molecule has 1 atom stereocenters. The average molecular weight is 271 g/mol. The molecular weight excluding hydrogens is 251 g/mol. The van der Waals surface area contributed by atoms with Crippen LogP contribution in [0.5, 0.6) is 0 Å². The largest absolute Gasteiger partial charge is 0.329 e. The number of benzene rings is 1. The van der Waals surface area contributed by atoms with Crippen LogP contribution in [0.2, 0.25) is 5.02 Å². The molecule has 0 bridgehead atoms. The summed E-state index contributed by atoms with van der Waals surface area (Å²) in [5.74, 6) is 0.417. The fourth-order valence-corrected chi connectivity index (χ4v) is 2.74. The Labute approximate surface area is 113 Å². The minimum atomic E-state index is -0.372. The summed E-state index contributed by atoms with van der Waals surface area (Å²) in [6.07, 6.45) is 2.40. The molecule has 1 aromatic rings. The maximum atomic E-state index is 13.2. The molecule has 1 fully saturated rings. The van der Waals surface area contributed by atoms with Crippen LogP contribution in [0.3, 0.4) is 0 Å². The van der Waals surface area contributed by atoms with Gasteiger partial charge in [-0.2, -0.15) is 0 Å². The Kier molecular flexibility index (Phi) is 4.60. The molecule has 1 saturated heterocycles. The van der Waals surface area contributed by atoms with E-state index in [1.54, 1.807) is 12.1 Å². The number of nitrogens with two attached hydrogens (primary N) is 1. The van der Waals surface area contributed by atoms with Gasteiger partial charge in [-0.1, -0.05) is 24.6 Å². The molecule has 100 valence electrons. The lowest BCUT2D eigenvalue weighted by Gasteiger charge is -2.36. The van der Waals surface area contributed by atoms with E-state index < -0.39 is 0 Å². The molecular formula is C14H20ClFN2. The third-order valence-corrected chi connectivity index (χ3v) is 4.10. The van der Waals surface area contributed by atoms with Crippen LogP contribution in [0.1, 0.15) is 31.4 Å². The Morgan fingerprint density at radius 2 is 2.11 bits per heavy atom. The maximum absolute atomic E-state index is 13.2. The van der Waals surface area contributed by atoms with Crippen LogP contribution in [0, 0.1) is 11.7 Å². The molecule has 0 spiro atoms. The van der Waals surface area contributed by atoms with E-state index in [9.17, 15) is 4.39 Å². The summed E-state index contributed by atoms with van der Waals surface area (Å²) in [6, 6.07) is 5.06. The highest BCUT2D eigenvalue weighted by atomic mass is 35.5. The molecule has 2 rings (SSSR count). The summed E-state index contributed by atoms with van der Waals surface area (Å²) < 4.78 is 13.2. The summed E-state index contributed by atoms with van der Waals surface area (Å²) in [5.41, 5.74) is 6.89. The van der Waals surface area contributed by atoms with Gasteiger partial charge in [0.2, 0.25) is 0 Å². The molecule has 18 heavy (non-hydrogen) atoms. The minimum absolute atomic E-state index is 0.149. The van der Waals surface area contributed by atoms with Gasteiger partial charge in [-0.3, -0.25) is 4.90 Å². The van der Waals surface area contributed by atoms with Gasteiger partial charge in [-0.05, 0) is 49.5 Å². The van der Waals surface area contributed by atoms with E-state index in [0.717, 1.165) is 24.6 Å². The quantitative estimate of drug-likeness (QED) is 0.914. The standard InChI is InChI=1S/C14H20ClFN2/c1-10-4-6-18(7-5-10)14(9-17)11-2-3-13(16)12(15)8-11/h2-3,8,10,14H,4-7,9,17H2,1H3. The maximum Gasteiger partial charge on any atom is 0.141 e. The molecule has 1 aliphatic rings. The van der Waals surface area contributed by atoms with Crippen LogP contribution in [0.4, 0.5) is 4.39 Å². The minimum Gasteiger partial charge on any atom is -0.329 e. The Bertz CT molecular complexity index is 403. The number of nitrogens with zero attached hydrogens (tertiary/aromatic N) is 1. The molecule has 2 nitrogen and oxygen atoms in total. The fraction of sp³-hybridized carbons (Fsp3) is 0.571. The van der Waals surface area contributed by atoms with Crippen molar-refractivity contribution < 1.29 is 4.39 Å². The predicted octanol–water partition coefficient (Wildman–Crippen LogP) is 3.21. The predicted molar refractivity (Wildman–Crippen MR) is 73.2 cm³/mol. The average Bonchev–Trinajstić information content (AvgIpc) is 2.37. The van der Waals surface area contributed by atoms with Crippen molar-refractivity contribution in [2.45, 2.75) is 25.8 Å². The summed E-state index contributed by atoms with van der Waals surface area (Å²) >= 11 is 5.84. The van der Waals surface area contributed by atoms with E-state index in [1.807, 2.05) is 0 Å². The van der Waals surface area contributed by atoms with Crippen molar-refractivity contribution in [2.75, 3.05) is 19.6 Å². The number of rotatable bonds is 3. The zero-order valence-corrected chi connectivity index (χ0v) is 11.5. The van der Waals surface area contributed by atoms with Crippen molar-refractivity contribution in [3.8, 4) is 0 Å². The highest BCUT2D eigenvalue weighted by Gasteiger charge is 2.23. The fourth-order valence-electron chi connectivity index (χ4n) is 2.56. The van der Waals surface area contributed by atoms with Gasteiger partial charge in [-0.15, -0.1) is 0 Å². The number of piperidine rings is 1. The summed E-state index contributed by atoms with van der Waals surface area (Å²) in [5, 5.41) is 0.177. The lowest BCUT2D eigenvalue weighted by atomic mass is 9.96.